The van der Waals surface area contributed by atoms with Gasteiger partial charge in [-0.1, -0.05) is 12.1 Å². The first-order valence-corrected chi connectivity index (χ1v) is 6.44. The molecule has 7 nitrogen and oxygen atoms in total. The van der Waals surface area contributed by atoms with Gasteiger partial charge in [0.05, 0.1) is 11.6 Å². The number of carboxylic acid groups (broad SMARTS) is 1. The summed E-state index contributed by atoms with van der Waals surface area (Å²) in [5, 5.41) is 19.9. The summed E-state index contributed by atoms with van der Waals surface area (Å²) in [5.41, 5.74) is 1.50. The molecule has 7 heteroatoms. The molecule has 2 heterocycles. The van der Waals surface area contributed by atoms with E-state index in [4.69, 9.17) is 9.84 Å². The van der Waals surface area contributed by atoms with Gasteiger partial charge in [-0.25, -0.2) is 9.78 Å². The zero-order valence-corrected chi connectivity index (χ0v) is 10.7. The number of para-hydroxylation sites is 1. The minimum absolute atomic E-state index is 0.133. The van der Waals surface area contributed by atoms with Crippen LogP contribution in [-0.4, -0.2) is 45.0 Å². The minimum Gasteiger partial charge on any atom is -0.479 e. The van der Waals surface area contributed by atoms with Crippen LogP contribution in [-0.2, 0) is 9.53 Å². The van der Waals surface area contributed by atoms with E-state index < -0.39 is 12.1 Å². The van der Waals surface area contributed by atoms with Gasteiger partial charge in [0.25, 0.3) is 0 Å². The highest BCUT2D eigenvalue weighted by molar-refractivity contribution is 5.74. The first-order chi connectivity index (χ1) is 9.72. The molecule has 20 heavy (non-hydrogen) atoms. The number of anilines is 1. The van der Waals surface area contributed by atoms with E-state index in [9.17, 15) is 4.79 Å². The summed E-state index contributed by atoms with van der Waals surface area (Å²) in [4.78, 5) is 15.1. The summed E-state index contributed by atoms with van der Waals surface area (Å²) in [6.07, 6.45) is 0.423. The van der Waals surface area contributed by atoms with E-state index in [0.717, 1.165) is 11.0 Å². The third kappa shape index (κ3) is 2.67. The van der Waals surface area contributed by atoms with E-state index in [2.05, 4.69) is 20.5 Å². The summed E-state index contributed by atoms with van der Waals surface area (Å²) in [6.45, 7) is 0.476. The van der Waals surface area contributed by atoms with Gasteiger partial charge in [0.15, 0.2) is 6.10 Å². The normalized spacial score (nSPS) is 22.0. The molecule has 2 N–H and O–H groups in total. The maximum absolute atomic E-state index is 10.8. The second kappa shape index (κ2) is 5.38. The molecular weight excluding hydrogens is 260 g/mol. The number of carboxylic acids is 1. The standard InChI is InChI=1S/C13H14N4O3/c18-12(19)11-6-5-8(20-11)7-14-13-15-9-3-1-2-4-10(9)16-17-13/h1-4,8,11H,5-7H2,(H,18,19)(H,14,15,17). The SMILES string of the molecule is O=C(O)C1CCC(CNc2nnc3ccccc3n2)O1. The third-order valence-electron chi connectivity index (χ3n) is 3.23. The Morgan fingerprint density at radius 3 is 2.85 bits per heavy atom. The Morgan fingerprint density at radius 1 is 1.30 bits per heavy atom. The van der Waals surface area contributed by atoms with Crippen molar-refractivity contribution in [1.82, 2.24) is 15.2 Å². The molecule has 0 bridgehead atoms. The first-order valence-electron chi connectivity index (χ1n) is 6.44. The summed E-state index contributed by atoms with van der Waals surface area (Å²) in [7, 11) is 0. The molecule has 1 saturated heterocycles. The second-order valence-electron chi connectivity index (χ2n) is 4.67. The molecule has 1 aromatic heterocycles. The van der Waals surface area contributed by atoms with Crippen LogP contribution in [0.1, 0.15) is 12.8 Å². The number of rotatable bonds is 4. The Bertz CT molecular complexity index is 634. The topological polar surface area (TPSA) is 97.2 Å². The van der Waals surface area contributed by atoms with Crippen molar-refractivity contribution >= 4 is 23.0 Å². The van der Waals surface area contributed by atoms with E-state index in [1.165, 1.54) is 0 Å². The van der Waals surface area contributed by atoms with Crippen molar-refractivity contribution in [2.75, 3.05) is 11.9 Å². The van der Waals surface area contributed by atoms with Gasteiger partial charge in [-0.15, -0.1) is 10.2 Å². The van der Waals surface area contributed by atoms with Crippen molar-refractivity contribution in [3.8, 4) is 0 Å². The average Bonchev–Trinajstić information content (AvgIpc) is 2.94. The number of nitrogens with one attached hydrogen (secondary N) is 1. The Labute approximate surface area is 115 Å². The molecule has 1 aliphatic rings. The lowest BCUT2D eigenvalue weighted by Crippen LogP contribution is -2.25. The third-order valence-corrected chi connectivity index (χ3v) is 3.23. The number of benzene rings is 1. The molecule has 2 unspecified atom stereocenters. The fourth-order valence-electron chi connectivity index (χ4n) is 2.20. The van der Waals surface area contributed by atoms with Gasteiger partial charge in [0, 0.05) is 6.54 Å². The van der Waals surface area contributed by atoms with Crippen molar-refractivity contribution in [2.45, 2.75) is 25.0 Å². The van der Waals surface area contributed by atoms with Crippen molar-refractivity contribution in [3.63, 3.8) is 0 Å². The number of aromatic nitrogens is 3. The number of fused-ring (bicyclic) bond motifs is 1. The predicted octanol–water partition coefficient (Wildman–Crippen LogP) is 1.07. The van der Waals surface area contributed by atoms with E-state index in [1.54, 1.807) is 0 Å². The van der Waals surface area contributed by atoms with Crippen LogP contribution in [0.3, 0.4) is 0 Å². The molecule has 3 rings (SSSR count). The Kier molecular flexibility index (Phi) is 3.42. The van der Waals surface area contributed by atoms with Crippen molar-refractivity contribution in [2.24, 2.45) is 0 Å². The van der Waals surface area contributed by atoms with E-state index >= 15 is 0 Å². The smallest absolute Gasteiger partial charge is 0.332 e. The maximum Gasteiger partial charge on any atom is 0.332 e. The van der Waals surface area contributed by atoms with Crippen LogP contribution in [0.2, 0.25) is 0 Å². The highest BCUT2D eigenvalue weighted by Gasteiger charge is 2.30. The van der Waals surface area contributed by atoms with Crippen LogP contribution in [0.4, 0.5) is 5.95 Å². The molecule has 1 fully saturated rings. The van der Waals surface area contributed by atoms with E-state index in [0.29, 0.717) is 25.3 Å². The average molecular weight is 274 g/mol. The zero-order chi connectivity index (χ0) is 13.9. The summed E-state index contributed by atoms with van der Waals surface area (Å²) < 4.78 is 5.39. The fourth-order valence-corrected chi connectivity index (χ4v) is 2.20. The maximum atomic E-state index is 10.8. The van der Waals surface area contributed by atoms with Crippen molar-refractivity contribution in [1.29, 1.82) is 0 Å². The Morgan fingerprint density at radius 2 is 2.10 bits per heavy atom. The van der Waals surface area contributed by atoms with Gasteiger partial charge in [0.1, 0.15) is 5.52 Å². The van der Waals surface area contributed by atoms with E-state index in [1.807, 2.05) is 24.3 Å². The molecular formula is C13H14N4O3. The molecule has 0 aliphatic carbocycles. The predicted molar refractivity (Wildman–Crippen MR) is 71.4 cm³/mol. The molecule has 104 valence electrons. The highest BCUT2D eigenvalue weighted by Crippen LogP contribution is 2.20. The first kappa shape index (κ1) is 12.7. The number of hydrogen-bond acceptors (Lipinski definition) is 6. The lowest BCUT2D eigenvalue weighted by Gasteiger charge is -2.11. The van der Waals surface area contributed by atoms with Crippen LogP contribution in [0.5, 0.6) is 0 Å². The van der Waals surface area contributed by atoms with Crippen LogP contribution in [0.25, 0.3) is 11.0 Å². The molecule has 1 aliphatic heterocycles. The number of aliphatic carboxylic acids is 1. The van der Waals surface area contributed by atoms with Crippen LogP contribution in [0.15, 0.2) is 24.3 Å². The summed E-state index contributed by atoms with van der Waals surface area (Å²) in [6, 6.07) is 7.47. The lowest BCUT2D eigenvalue weighted by atomic mass is 10.2. The molecule has 2 atom stereocenters. The molecule has 0 amide bonds. The molecule has 0 spiro atoms. The molecule has 1 aromatic carbocycles. The highest BCUT2D eigenvalue weighted by atomic mass is 16.5. The number of nitrogens with zero attached hydrogens (tertiary/aromatic N) is 3. The summed E-state index contributed by atoms with van der Waals surface area (Å²) >= 11 is 0. The van der Waals surface area contributed by atoms with Crippen LogP contribution in [0, 0.1) is 0 Å². The largest absolute Gasteiger partial charge is 0.479 e. The van der Waals surface area contributed by atoms with Gasteiger partial charge in [-0.2, -0.15) is 0 Å². The van der Waals surface area contributed by atoms with Crippen molar-refractivity contribution in [3.05, 3.63) is 24.3 Å². The van der Waals surface area contributed by atoms with Gasteiger partial charge in [0.2, 0.25) is 5.95 Å². The molecule has 2 aromatic rings. The fraction of sp³-hybridized carbons (Fsp3) is 0.385. The van der Waals surface area contributed by atoms with Crippen molar-refractivity contribution < 1.29 is 14.6 Å². The number of ether oxygens (including phenoxy) is 1. The lowest BCUT2D eigenvalue weighted by molar-refractivity contribution is -0.149. The Hall–Kier alpha value is -2.28. The van der Waals surface area contributed by atoms with E-state index in [-0.39, 0.29) is 6.10 Å². The molecule has 0 saturated carbocycles. The quantitative estimate of drug-likeness (QED) is 0.860. The zero-order valence-electron chi connectivity index (χ0n) is 10.7. The number of carbonyl (C=O) groups is 1. The second-order valence-corrected chi connectivity index (χ2v) is 4.67. The van der Waals surface area contributed by atoms with Gasteiger partial charge >= 0.3 is 5.97 Å². The monoisotopic (exact) mass is 274 g/mol. The Balaban J connectivity index is 1.61. The van der Waals surface area contributed by atoms with Crippen LogP contribution >= 0.6 is 0 Å². The van der Waals surface area contributed by atoms with Gasteiger partial charge in [-0.05, 0) is 25.0 Å². The number of hydrogen-bond donors (Lipinski definition) is 2. The van der Waals surface area contributed by atoms with Gasteiger partial charge in [-0.3, -0.25) is 0 Å². The minimum atomic E-state index is -0.906. The molecule has 0 radical (unpaired) electrons. The van der Waals surface area contributed by atoms with Crippen LogP contribution < -0.4 is 5.32 Å². The summed E-state index contributed by atoms with van der Waals surface area (Å²) in [5.74, 6) is -0.484. The van der Waals surface area contributed by atoms with Gasteiger partial charge < -0.3 is 15.2 Å².